The molecule has 0 saturated carbocycles. The van der Waals surface area contributed by atoms with Gasteiger partial charge in [-0.1, -0.05) is 6.92 Å². The number of carbonyl (C=O) groups is 1. The number of hydrogen-bond acceptors (Lipinski definition) is 2. The van der Waals surface area contributed by atoms with Gasteiger partial charge in [-0.05, 0) is 24.1 Å². The Kier molecular flexibility index (Phi) is 3.23. The Labute approximate surface area is 108 Å². The Balaban J connectivity index is 2.45. The Morgan fingerprint density at radius 3 is 2.58 bits per heavy atom. The summed E-state index contributed by atoms with van der Waals surface area (Å²) in [7, 11) is 0. The standard InChI is InChI=1S/C13H11F3N2O/c1-8-4-12(19)18(7-8)10-3-2-9(6-17)11(5-10)13(14,15)16/h2-3,5,8H,4,7H2,1H3. The molecule has 1 amide bonds. The van der Waals surface area contributed by atoms with Crippen LogP contribution in [0.3, 0.4) is 0 Å². The highest BCUT2D eigenvalue weighted by atomic mass is 19.4. The van der Waals surface area contributed by atoms with Crippen molar-refractivity contribution in [1.82, 2.24) is 0 Å². The zero-order valence-electron chi connectivity index (χ0n) is 10.2. The molecule has 2 rings (SSSR count). The Morgan fingerprint density at radius 2 is 2.11 bits per heavy atom. The molecule has 1 heterocycles. The van der Waals surface area contributed by atoms with Gasteiger partial charge >= 0.3 is 6.18 Å². The van der Waals surface area contributed by atoms with E-state index in [0.717, 1.165) is 12.1 Å². The van der Waals surface area contributed by atoms with Gasteiger partial charge in [-0.15, -0.1) is 0 Å². The van der Waals surface area contributed by atoms with E-state index in [-0.39, 0.29) is 17.5 Å². The lowest BCUT2D eigenvalue weighted by atomic mass is 10.1. The van der Waals surface area contributed by atoms with E-state index in [1.165, 1.54) is 17.0 Å². The number of nitriles is 1. The molecule has 0 aromatic heterocycles. The SMILES string of the molecule is CC1CC(=O)N(c2ccc(C#N)c(C(F)(F)F)c2)C1. The van der Waals surface area contributed by atoms with Crippen molar-refractivity contribution < 1.29 is 18.0 Å². The van der Waals surface area contributed by atoms with Gasteiger partial charge in [0, 0.05) is 18.7 Å². The third kappa shape index (κ3) is 2.55. The van der Waals surface area contributed by atoms with Gasteiger partial charge in [0.25, 0.3) is 0 Å². The Bertz CT molecular complexity index is 560. The molecule has 1 aliphatic rings. The summed E-state index contributed by atoms with van der Waals surface area (Å²) in [6.07, 6.45) is -4.27. The normalized spacial score (nSPS) is 19.6. The summed E-state index contributed by atoms with van der Waals surface area (Å²) in [6.45, 7) is 2.27. The van der Waals surface area contributed by atoms with Crippen LogP contribution in [0.4, 0.5) is 18.9 Å². The maximum Gasteiger partial charge on any atom is 0.417 e. The minimum absolute atomic E-state index is 0.123. The molecule has 6 heteroatoms. The first-order chi connectivity index (χ1) is 8.82. The molecule has 1 fully saturated rings. The average Bonchev–Trinajstić information content (AvgIpc) is 2.66. The minimum atomic E-state index is -4.60. The highest BCUT2D eigenvalue weighted by molar-refractivity contribution is 5.95. The molecule has 0 radical (unpaired) electrons. The molecule has 1 aliphatic heterocycles. The molecule has 1 atom stereocenters. The van der Waals surface area contributed by atoms with Crippen molar-refractivity contribution in [3.63, 3.8) is 0 Å². The number of nitrogens with zero attached hydrogens (tertiary/aromatic N) is 2. The summed E-state index contributed by atoms with van der Waals surface area (Å²) in [4.78, 5) is 13.0. The molecular weight excluding hydrogens is 257 g/mol. The number of anilines is 1. The quantitative estimate of drug-likeness (QED) is 0.786. The minimum Gasteiger partial charge on any atom is -0.312 e. The van der Waals surface area contributed by atoms with Crippen LogP contribution in [0.5, 0.6) is 0 Å². The highest BCUT2D eigenvalue weighted by Crippen LogP contribution is 2.35. The highest BCUT2D eigenvalue weighted by Gasteiger charge is 2.35. The van der Waals surface area contributed by atoms with Gasteiger partial charge in [0.2, 0.25) is 5.91 Å². The molecular formula is C13H11F3N2O. The van der Waals surface area contributed by atoms with E-state index < -0.39 is 17.3 Å². The second-order valence-electron chi connectivity index (χ2n) is 4.65. The maximum absolute atomic E-state index is 12.8. The van der Waals surface area contributed by atoms with E-state index in [1.807, 2.05) is 6.92 Å². The van der Waals surface area contributed by atoms with Gasteiger partial charge in [-0.25, -0.2) is 0 Å². The number of hydrogen-bond donors (Lipinski definition) is 0. The van der Waals surface area contributed by atoms with Crippen LogP contribution in [0.1, 0.15) is 24.5 Å². The molecule has 19 heavy (non-hydrogen) atoms. The van der Waals surface area contributed by atoms with E-state index in [0.29, 0.717) is 13.0 Å². The zero-order valence-corrected chi connectivity index (χ0v) is 10.2. The van der Waals surface area contributed by atoms with Gasteiger partial charge in [0.1, 0.15) is 0 Å². The fourth-order valence-corrected chi connectivity index (χ4v) is 2.17. The third-order valence-corrected chi connectivity index (χ3v) is 3.06. The monoisotopic (exact) mass is 268 g/mol. The summed E-state index contributed by atoms with van der Waals surface area (Å²) in [5.74, 6) is -0.0668. The molecule has 1 aromatic rings. The van der Waals surface area contributed by atoms with Crippen molar-refractivity contribution in [2.45, 2.75) is 19.5 Å². The largest absolute Gasteiger partial charge is 0.417 e. The fourth-order valence-electron chi connectivity index (χ4n) is 2.17. The van der Waals surface area contributed by atoms with E-state index >= 15 is 0 Å². The molecule has 0 bridgehead atoms. The van der Waals surface area contributed by atoms with Crippen LogP contribution in [0.25, 0.3) is 0 Å². The summed E-state index contributed by atoms with van der Waals surface area (Å²) in [5, 5.41) is 8.70. The molecule has 0 aliphatic carbocycles. The third-order valence-electron chi connectivity index (χ3n) is 3.06. The van der Waals surface area contributed by atoms with Gasteiger partial charge in [0.05, 0.1) is 17.2 Å². The van der Waals surface area contributed by atoms with Crippen molar-refractivity contribution >= 4 is 11.6 Å². The summed E-state index contributed by atoms with van der Waals surface area (Å²) in [6, 6.07) is 4.87. The van der Waals surface area contributed by atoms with Crippen LogP contribution in [-0.2, 0) is 11.0 Å². The second kappa shape index (κ2) is 4.57. The van der Waals surface area contributed by atoms with Gasteiger partial charge < -0.3 is 4.90 Å². The van der Waals surface area contributed by atoms with Crippen molar-refractivity contribution in [3.05, 3.63) is 29.3 Å². The van der Waals surface area contributed by atoms with E-state index in [2.05, 4.69) is 0 Å². The fraction of sp³-hybridized carbons (Fsp3) is 0.385. The first-order valence-electron chi connectivity index (χ1n) is 5.74. The van der Waals surface area contributed by atoms with Crippen molar-refractivity contribution in [2.75, 3.05) is 11.4 Å². The molecule has 1 aromatic carbocycles. The molecule has 100 valence electrons. The van der Waals surface area contributed by atoms with Crippen LogP contribution in [-0.4, -0.2) is 12.5 Å². The Morgan fingerprint density at radius 1 is 1.42 bits per heavy atom. The van der Waals surface area contributed by atoms with E-state index in [4.69, 9.17) is 5.26 Å². The summed E-state index contributed by atoms with van der Waals surface area (Å²) in [5.41, 5.74) is -1.24. The number of benzene rings is 1. The smallest absolute Gasteiger partial charge is 0.312 e. The van der Waals surface area contributed by atoms with Crippen LogP contribution in [0, 0.1) is 17.2 Å². The van der Waals surface area contributed by atoms with Crippen LogP contribution in [0.15, 0.2) is 18.2 Å². The molecule has 0 N–H and O–H groups in total. The van der Waals surface area contributed by atoms with E-state index in [9.17, 15) is 18.0 Å². The predicted octanol–water partition coefficient (Wildman–Crippen LogP) is 2.95. The second-order valence-corrected chi connectivity index (χ2v) is 4.65. The molecule has 1 saturated heterocycles. The lowest BCUT2D eigenvalue weighted by Crippen LogP contribution is -2.25. The van der Waals surface area contributed by atoms with Crippen molar-refractivity contribution in [3.8, 4) is 6.07 Å². The first kappa shape index (κ1) is 13.4. The summed E-state index contributed by atoms with van der Waals surface area (Å²) >= 11 is 0. The van der Waals surface area contributed by atoms with Gasteiger partial charge in [-0.2, -0.15) is 18.4 Å². The molecule has 1 unspecified atom stereocenters. The van der Waals surface area contributed by atoms with Crippen LogP contribution < -0.4 is 4.90 Å². The zero-order chi connectivity index (χ0) is 14.2. The topological polar surface area (TPSA) is 44.1 Å². The van der Waals surface area contributed by atoms with Gasteiger partial charge in [0.15, 0.2) is 0 Å². The van der Waals surface area contributed by atoms with Gasteiger partial charge in [-0.3, -0.25) is 4.79 Å². The number of amides is 1. The van der Waals surface area contributed by atoms with Crippen molar-refractivity contribution in [1.29, 1.82) is 5.26 Å². The average molecular weight is 268 g/mol. The Hall–Kier alpha value is -2.03. The van der Waals surface area contributed by atoms with Crippen molar-refractivity contribution in [2.24, 2.45) is 5.92 Å². The maximum atomic E-state index is 12.8. The number of alkyl halides is 3. The van der Waals surface area contributed by atoms with E-state index in [1.54, 1.807) is 0 Å². The number of rotatable bonds is 1. The lowest BCUT2D eigenvalue weighted by Gasteiger charge is -2.18. The number of halogens is 3. The van der Waals surface area contributed by atoms with Crippen LogP contribution >= 0.6 is 0 Å². The first-order valence-corrected chi connectivity index (χ1v) is 5.74. The molecule has 0 spiro atoms. The van der Waals surface area contributed by atoms with Crippen LogP contribution in [0.2, 0.25) is 0 Å². The number of carbonyl (C=O) groups excluding carboxylic acids is 1. The summed E-state index contributed by atoms with van der Waals surface area (Å²) < 4.78 is 38.5. The lowest BCUT2D eigenvalue weighted by molar-refractivity contribution is -0.137. The predicted molar refractivity (Wildman–Crippen MR) is 62.3 cm³/mol. The molecule has 3 nitrogen and oxygen atoms in total.